The molecule has 0 spiro atoms. The molecule has 0 radical (unpaired) electrons. The van der Waals surface area contributed by atoms with E-state index in [1.807, 2.05) is 31.2 Å². The molecule has 2 aromatic carbocycles. The number of nitrogens with zero attached hydrogens (tertiary/aromatic N) is 1. The summed E-state index contributed by atoms with van der Waals surface area (Å²) in [5.74, 6) is 0.175. The molecule has 3 nitrogen and oxygen atoms in total. The molecule has 3 heteroatoms. The maximum Gasteiger partial charge on any atom is 0.168 e. The van der Waals surface area contributed by atoms with Crippen molar-refractivity contribution in [3.63, 3.8) is 0 Å². The van der Waals surface area contributed by atoms with Gasteiger partial charge in [-0.1, -0.05) is 49.4 Å². The number of carbonyl (C=O) groups excluding carboxylic acids is 1. The topological polar surface area (TPSA) is 49.7 Å². The lowest BCUT2D eigenvalue weighted by Crippen LogP contribution is -2.23. The van der Waals surface area contributed by atoms with Gasteiger partial charge in [0, 0.05) is 24.6 Å². The first-order valence-electron chi connectivity index (χ1n) is 9.09. The van der Waals surface area contributed by atoms with Gasteiger partial charge < -0.3 is 5.11 Å². The molecule has 1 atom stereocenters. The molecule has 130 valence electrons. The smallest absolute Gasteiger partial charge is 0.168 e. The van der Waals surface area contributed by atoms with Crippen LogP contribution in [0.4, 0.5) is 0 Å². The second-order valence-electron chi connectivity index (χ2n) is 6.75. The summed E-state index contributed by atoms with van der Waals surface area (Å²) in [5.41, 5.74) is 2.27. The predicted octanol–water partition coefficient (Wildman–Crippen LogP) is 5.19. The second-order valence-corrected chi connectivity index (χ2v) is 6.75. The molecule has 1 saturated carbocycles. The first kappa shape index (κ1) is 17.4. The molecule has 0 aromatic heterocycles. The van der Waals surface area contributed by atoms with Crippen molar-refractivity contribution in [2.75, 3.05) is 0 Å². The van der Waals surface area contributed by atoms with E-state index in [0.717, 1.165) is 41.3 Å². The fourth-order valence-electron chi connectivity index (χ4n) is 3.36. The van der Waals surface area contributed by atoms with E-state index in [1.54, 1.807) is 0 Å². The van der Waals surface area contributed by atoms with Crippen LogP contribution >= 0.6 is 0 Å². The Morgan fingerprint density at radius 3 is 2.72 bits per heavy atom. The Morgan fingerprint density at radius 2 is 1.92 bits per heavy atom. The number of carbonyl (C=O) groups is 1. The van der Waals surface area contributed by atoms with Crippen molar-refractivity contribution < 1.29 is 9.90 Å². The maximum atomic E-state index is 12.5. The Labute approximate surface area is 149 Å². The minimum absolute atomic E-state index is 0.0195. The highest BCUT2D eigenvalue weighted by molar-refractivity contribution is 6.24. The quantitative estimate of drug-likeness (QED) is 0.617. The molecule has 25 heavy (non-hydrogen) atoms. The van der Waals surface area contributed by atoms with Crippen molar-refractivity contribution in [1.29, 1.82) is 0 Å². The van der Waals surface area contributed by atoms with E-state index < -0.39 is 0 Å². The van der Waals surface area contributed by atoms with Gasteiger partial charge in [-0.15, -0.1) is 0 Å². The lowest BCUT2D eigenvalue weighted by molar-refractivity contribution is -0.115. The van der Waals surface area contributed by atoms with Crippen LogP contribution in [0.15, 0.2) is 58.8 Å². The molecule has 1 aliphatic carbocycles. The number of fused-ring (bicyclic) bond motifs is 1. The van der Waals surface area contributed by atoms with E-state index in [0.29, 0.717) is 18.4 Å². The number of aliphatic hydroxyl groups excluding tert-OH is 1. The largest absolute Gasteiger partial charge is 0.511 e. The summed E-state index contributed by atoms with van der Waals surface area (Å²) in [6.07, 6.45) is 3.37. The van der Waals surface area contributed by atoms with Crippen LogP contribution in [0.1, 0.15) is 45.1 Å². The van der Waals surface area contributed by atoms with Gasteiger partial charge in [0.25, 0.3) is 0 Å². The Bertz CT molecular complexity index is 843. The van der Waals surface area contributed by atoms with Crippen molar-refractivity contribution in [2.24, 2.45) is 4.99 Å². The number of ketones is 1. The molecule has 0 saturated heterocycles. The summed E-state index contributed by atoms with van der Waals surface area (Å²) < 4.78 is 0. The van der Waals surface area contributed by atoms with E-state index in [2.05, 4.69) is 30.1 Å². The lowest BCUT2D eigenvalue weighted by atomic mass is 9.88. The molecule has 1 fully saturated rings. The molecule has 2 aromatic rings. The van der Waals surface area contributed by atoms with Crippen LogP contribution in [-0.2, 0) is 11.2 Å². The van der Waals surface area contributed by atoms with Gasteiger partial charge in [-0.25, -0.2) is 0 Å². The SMILES string of the molecule is CCC(C)N=C1CCCC(=O)/C1=C(/O)Cc1cccc2ccccc12. The summed E-state index contributed by atoms with van der Waals surface area (Å²) in [4.78, 5) is 17.2. The molecule has 1 unspecified atom stereocenters. The molecule has 0 heterocycles. The third-order valence-electron chi connectivity index (χ3n) is 4.88. The van der Waals surface area contributed by atoms with Crippen LogP contribution in [0.2, 0.25) is 0 Å². The summed E-state index contributed by atoms with van der Waals surface area (Å²) in [5, 5.41) is 13.0. The molecule has 0 bridgehead atoms. The second kappa shape index (κ2) is 7.64. The third kappa shape index (κ3) is 3.81. The molecule has 0 amide bonds. The number of Topliss-reactive ketones (excluding diaryl/α,β-unsaturated/α-hetero) is 1. The number of aliphatic hydroxyl groups is 1. The van der Waals surface area contributed by atoms with Crippen LogP contribution < -0.4 is 0 Å². The van der Waals surface area contributed by atoms with Crippen LogP contribution in [0.5, 0.6) is 0 Å². The average molecular weight is 335 g/mol. The van der Waals surface area contributed by atoms with Gasteiger partial charge in [-0.2, -0.15) is 0 Å². The Morgan fingerprint density at radius 1 is 1.16 bits per heavy atom. The fraction of sp³-hybridized carbons (Fsp3) is 0.364. The molecule has 3 rings (SSSR count). The molecule has 1 N–H and O–H groups in total. The highest BCUT2D eigenvalue weighted by atomic mass is 16.3. The lowest BCUT2D eigenvalue weighted by Gasteiger charge is -2.19. The van der Waals surface area contributed by atoms with Crippen LogP contribution in [0.25, 0.3) is 10.8 Å². The van der Waals surface area contributed by atoms with E-state index in [9.17, 15) is 9.90 Å². The van der Waals surface area contributed by atoms with Gasteiger partial charge in [0.05, 0.1) is 5.57 Å². The number of allylic oxidation sites excluding steroid dienone is 2. The predicted molar refractivity (Wildman–Crippen MR) is 103 cm³/mol. The van der Waals surface area contributed by atoms with Crippen molar-refractivity contribution in [3.05, 3.63) is 59.4 Å². The van der Waals surface area contributed by atoms with Crippen LogP contribution in [-0.4, -0.2) is 22.6 Å². The van der Waals surface area contributed by atoms with Gasteiger partial charge in [0.1, 0.15) is 5.76 Å². The molecular formula is C22H25NO2. The molecule has 0 aliphatic heterocycles. The molecule has 1 aliphatic rings. The van der Waals surface area contributed by atoms with Crippen LogP contribution in [0.3, 0.4) is 0 Å². The fourth-order valence-corrected chi connectivity index (χ4v) is 3.36. The number of hydrogen-bond donors (Lipinski definition) is 1. The number of rotatable bonds is 4. The van der Waals surface area contributed by atoms with Crippen LogP contribution in [0, 0.1) is 0 Å². The normalized spacial score (nSPS) is 20.1. The van der Waals surface area contributed by atoms with Crippen molar-refractivity contribution in [2.45, 2.75) is 52.0 Å². The molecular weight excluding hydrogens is 310 g/mol. The van der Waals surface area contributed by atoms with Crippen molar-refractivity contribution in [1.82, 2.24) is 0 Å². The minimum atomic E-state index is 0.0195. The summed E-state index contributed by atoms with van der Waals surface area (Å²) in [7, 11) is 0. The van der Waals surface area contributed by atoms with E-state index in [-0.39, 0.29) is 17.6 Å². The Kier molecular flexibility index (Phi) is 5.32. The highest BCUT2D eigenvalue weighted by Gasteiger charge is 2.26. The summed E-state index contributed by atoms with van der Waals surface area (Å²) in [6.45, 7) is 4.13. The third-order valence-corrected chi connectivity index (χ3v) is 4.88. The standard InChI is InChI=1S/C22H25NO2/c1-3-15(2)23-19-12-7-13-20(24)22(19)21(25)14-17-10-6-9-16-8-4-5-11-18(16)17/h4-6,8-11,15,25H,3,7,12-14H2,1-2H3/b22-21+,23-19?. The van der Waals surface area contributed by atoms with Crippen molar-refractivity contribution in [3.8, 4) is 0 Å². The summed E-state index contributed by atoms with van der Waals surface area (Å²) >= 11 is 0. The average Bonchev–Trinajstić information content (AvgIpc) is 2.62. The zero-order valence-electron chi connectivity index (χ0n) is 15.0. The number of hydrogen-bond acceptors (Lipinski definition) is 3. The minimum Gasteiger partial charge on any atom is -0.511 e. The Balaban J connectivity index is 2.01. The van der Waals surface area contributed by atoms with Gasteiger partial charge in [-0.05, 0) is 42.5 Å². The maximum absolute atomic E-state index is 12.5. The monoisotopic (exact) mass is 335 g/mol. The van der Waals surface area contributed by atoms with Gasteiger partial charge in [0.2, 0.25) is 0 Å². The van der Waals surface area contributed by atoms with Crippen molar-refractivity contribution >= 4 is 22.3 Å². The number of benzene rings is 2. The van der Waals surface area contributed by atoms with Gasteiger partial charge >= 0.3 is 0 Å². The van der Waals surface area contributed by atoms with Gasteiger partial charge in [-0.3, -0.25) is 9.79 Å². The zero-order chi connectivity index (χ0) is 17.8. The zero-order valence-corrected chi connectivity index (χ0v) is 15.0. The highest BCUT2D eigenvalue weighted by Crippen LogP contribution is 2.26. The van der Waals surface area contributed by atoms with E-state index in [1.165, 1.54) is 0 Å². The first-order valence-corrected chi connectivity index (χ1v) is 9.09. The summed E-state index contributed by atoms with van der Waals surface area (Å²) in [6, 6.07) is 14.4. The Hall–Kier alpha value is -2.42. The van der Waals surface area contributed by atoms with Gasteiger partial charge in [0.15, 0.2) is 5.78 Å². The number of aliphatic imine (C=N–C) groups is 1. The van der Waals surface area contributed by atoms with E-state index >= 15 is 0 Å². The van der Waals surface area contributed by atoms with E-state index in [4.69, 9.17) is 0 Å². The first-order chi connectivity index (χ1) is 12.1.